The third-order valence-corrected chi connectivity index (χ3v) is 6.36. The monoisotopic (exact) mass is 414 g/mol. The maximum atomic E-state index is 13.3. The molecule has 0 spiro atoms. The number of carbonyl (C=O) groups is 3. The largest absolute Gasteiger partial charge is 0.467 e. The third kappa shape index (κ3) is 3.24. The van der Waals surface area contributed by atoms with Crippen molar-refractivity contribution in [1.29, 1.82) is 0 Å². The van der Waals surface area contributed by atoms with E-state index in [2.05, 4.69) is 19.1 Å². The van der Waals surface area contributed by atoms with Gasteiger partial charge in [-0.05, 0) is 49.2 Å². The molecule has 0 saturated carbocycles. The summed E-state index contributed by atoms with van der Waals surface area (Å²) in [4.78, 5) is 41.8. The van der Waals surface area contributed by atoms with E-state index in [4.69, 9.17) is 4.42 Å². The smallest absolute Gasteiger partial charge is 0.261 e. The normalized spacial score (nSPS) is 20.4. The van der Waals surface area contributed by atoms with Gasteiger partial charge in [-0.15, -0.1) is 0 Å². The summed E-state index contributed by atoms with van der Waals surface area (Å²) in [5.74, 6) is -0.0644. The Morgan fingerprint density at radius 3 is 2.52 bits per heavy atom. The van der Waals surface area contributed by atoms with Crippen molar-refractivity contribution in [1.82, 2.24) is 9.80 Å². The number of hydrogen-bond acceptors (Lipinski definition) is 4. The summed E-state index contributed by atoms with van der Waals surface area (Å²) in [6, 6.07) is 18.5. The molecule has 0 unspecified atom stereocenters. The van der Waals surface area contributed by atoms with Crippen LogP contribution < -0.4 is 0 Å². The van der Waals surface area contributed by atoms with E-state index in [9.17, 15) is 14.4 Å². The van der Waals surface area contributed by atoms with Gasteiger partial charge in [-0.2, -0.15) is 0 Å². The minimum absolute atomic E-state index is 0.0518. The SMILES string of the molecule is C[C@H]1[C@H](c2ccccc2)CCN1C(=O)c1ccc2c(c1)C(=O)N(Cc1ccco1)C2=O. The molecule has 0 N–H and O–H groups in total. The first-order chi connectivity index (χ1) is 15.0. The highest BCUT2D eigenvalue weighted by Gasteiger charge is 2.38. The minimum atomic E-state index is -0.400. The first-order valence-electron chi connectivity index (χ1n) is 10.4. The molecule has 2 aromatic carbocycles. The maximum Gasteiger partial charge on any atom is 0.261 e. The van der Waals surface area contributed by atoms with Crippen LogP contribution in [0.15, 0.2) is 71.3 Å². The molecule has 2 aliphatic heterocycles. The number of nitrogens with zero attached hydrogens (tertiary/aromatic N) is 2. The standard InChI is InChI=1S/C25H22N2O4/c1-16-20(17-6-3-2-4-7-17)11-12-26(16)23(28)18-9-10-21-22(14-18)25(30)27(24(21)29)15-19-8-5-13-31-19/h2-10,13-14,16,20H,11-12,15H2,1H3/t16-,20+/m0/s1. The maximum absolute atomic E-state index is 13.3. The molecule has 0 radical (unpaired) electrons. The highest BCUT2D eigenvalue weighted by molar-refractivity contribution is 6.22. The van der Waals surface area contributed by atoms with Gasteiger partial charge in [0.15, 0.2) is 0 Å². The van der Waals surface area contributed by atoms with E-state index in [0.29, 0.717) is 23.4 Å². The van der Waals surface area contributed by atoms with Gasteiger partial charge in [0.05, 0.1) is 23.9 Å². The second kappa shape index (κ2) is 7.54. The van der Waals surface area contributed by atoms with Crippen LogP contribution in [0.25, 0.3) is 0 Å². The summed E-state index contributed by atoms with van der Waals surface area (Å²) in [6.45, 7) is 2.80. The van der Waals surface area contributed by atoms with Gasteiger partial charge in [0.1, 0.15) is 5.76 Å². The van der Waals surface area contributed by atoms with Crippen molar-refractivity contribution in [2.45, 2.75) is 31.8 Å². The number of benzene rings is 2. The molecule has 6 nitrogen and oxygen atoms in total. The van der Waals surface area contributed by atoms with Crippen LogP contribution in [0.2, 0.25) is 0 Å². The van der Waals surface area contributed by atoms with E-state index in [1.54, 1.807) is 30.3 Å². The van der Waals surface area contributed by atoms with E-state index in [1.165, 1.54) is 11.8 Å². The fourth-order valence-corrected chi connectivity index (χ4v) is 4.66. The summed E-state index contributed by atoms with van der Waals surface area (Å²) < 4.78 is 5.27. The lowest BCUT2D eigenvalue weighted by atomic mass is 9.93. The highest BCUT2D eigenvalue weighted by Crippen LogP contribution is 2.34. The van der Waals surface area contributed by atoms with Crippen molar-refractivity contribution in [2.75, 3.05) is 6.54 Å². The highest BCUT2D eigenvalue weighted by atomic mass is 16.3. The molecule has 3 amide bonds. The van der Waals surface area contributed by atoms with Gasteiger partial charge in [0, 0.05) is 24.1 Å². The number of imide groups is 1. The van der Waals surface area contributed by atoms with Gasteiger partial charge in [0.2, 0.25) is 0 Å². The zero-order valence-corrected chi connectivity index (χ0v) is 17.2. The molecule has 156 valence electrons. The van der Waals surface area contributed by atoms with Gasteiger partial charge in [-0.25, -0.2) is 0 Å². The summed E-state index contributed by atoms with van der Waals surface area (Å²) in [5.41, 5.74) is 2.26. The lowest BCUT2D eigenvalue weighted by molar-refractivity contribution is 0.0631. The molecular formula is C25H22N2O4. The van der Waals surface area contributed by atoms with Crippen molar-refractivity contribution in [3.63, 3.8) is 0 Å². The van der Waals surface area contributed by atoms with Gasteiger partial charge < -0.3 is 9.32 Å². The molecule has 1 saturated heterocycles. The second-order valence-electron chi connectivity index (χ2n) is 8.08. The fraction of sp³-hybridized carbons (Fsp3) is 0.240. The summed E-state index contributed by atoms with van der Waals surface area (Å²) in [5, 5.41) is 0. The quantitative estimate of drug-likeness (QED) is 0.603. The molecule has 6 heteroatoms. The summed E-state index contributed by atoms with van der Waals surface area (Å²) >= 11 is 0. The van der Waals surface area contributed by atoms with Crippen LogP contribution in [0.3, 0.4) is 0 Å². The molecule has 3 heterocycles. The molecular weight excluding hydrogens is 392 g/mol. The molecule has 5 rings (SSSR count). The van der Waals surface area contributed by atoms with Crippen molar-refractivity contribution in [3.8, 4) is 0 Å². The van der Waals surface area contributed by atoms with Gasteiger partial charge in [0.25, 0.3) is 17.7 Å². The first-order valence-corrected chi connectivity index (χ1v) is 10.4. The van der Waals surface area contributed by atoms with Crippen LogP contribution in [-0.4, -0.2) is 40.1 Å². The lowest BCUT2D eigenvalue weighted by Crippen LogP contribution is -2.35. The first kappa shape index (κ1) is 19.3. The number of amides is 3. The third-order valence-electron chi connectivity index (χ3n) is 6.36. The van der Waals surface area contributed by atoms with E-state index in [0.717, 1.165) is 11.3 Å². The van der Waals surface area contributed by atoms with E-state index in [1.807, 2.05) is 23.1 Å². The zero-order chi connectivity index (χ0) is 21.5. The molecule has 31 heavy (non-hydrogen) atoms. The molecule has 3 aromatic rings. The van der Waals surface area contributed by atoms with Crippen LogP contribution >= 0.6 is 0 Å². The predicted octanol–water partition coefficient (Wildman–Crippen LogP) is 4.09. The fourth-order valence-electron chi connectivity index (χ4n) is 4.66. The minimum Gasteiger partial charge on any atom is -0.467 e. The second-order valence-corrected chi connectivity index (χ2v) is 8.08. The zero-order valence-electron chi connectivity index (χ0n) is 17.2. The Labute approximate surface area is 180 Å². The van der Waals surface area contributed by atoms with E-state index in [-0.39, 0.29) is 35.9 Å². The van der Waals surface area contributed by atoms with E-state index >= 15 is 0 Å². The van der Waals surface area contributed by atoms with Gasteiger partial charge in [-0.1, -0.05) is 30.3 Å². The average Bonchev–Trinajstić information content (AvgIpc) is 3.50. The molecule has 1 aromatic heterocycles. The number of carbonyl (C=O) groups excluding carboxylic acids is 3. The Balaban J connectivity index is 1.37. The van der Waals surface area contributed by atoms with Crippen LogP contribution in [0.1, 0.15) is 61.7 Å². The van der Waals surface area contributed by atoms with Crippen LogP contribution in [0.5, 0.6) is 0 Å². The Morgan fingerprint density at radius 2 is 1.77 bits per heavy atom. The predicted molar refractivity (Wildman–Crippen MR) is 114 cm³/mol. The van der Waals surface area contributed by atoms with E-state index < -0.39 is 5.91 Å². The molecule has 2 aliphatic rings. The summed E-state index contributed by atoms with van der Waals surface area (Å²) in [7, 11) is 0. The van der Waals surface area contributed by atoms with Crippen LogP contribution in [0, 0.1) is 0 Å². The van der Waals surface area contributed by atoms with Crippen molar-refractivity contribution in [2.24, 2.45) is 0 Å². The van der Waals surface area contributed by atoms with Gasteiger partial charge >= 0.3 is 0 Å². The Hall–Kier alpha value is -3.67. The van der Waals surface area contributed by atoms with Crippen LogP contribution in [-0.2, 0) is 6.54 Å². The Bertz CT molecular complexity index is 1150. The molecule has 0 bridgehead atoms. The average molecular weight is 414 g/mol. The van der Waals surface area contributed by atoms with Crippen molar-refractivity contribution >= 4 is 17.7 Å². The van der Waals surface area contributed by atoms with Crippen molar-refractivity contribution in [3.05, 3.63) is 94.9 Å². The lowest BCUT2D eigenvalue weighted by Gasteiger charge is -2.25. The number of fused-ring (bicyclic) bond motifs is 1. The molecule has 2 atom stereocenters. The van der Waals surface area contributed by atoms with Crippen molar-refractivity contribution < 1.29 is 18.8 Å². The molecule has 1 fully saturated rings. The Morgan fingerprint density at radius 1 is 1.00 bits per heavy atom. The van der Waals surface area contributed by atoms with Crippen LogP contribution in [0.4, 0.5) is 0 Å². The topological polar surface area (TPSA) is 70.8 Å². The number of likely N-dealkylation sites (tertiary alicyclic amines) is 1. The number of rotatable bonds is 4. The number of hydrogen-bond donors (Lipinski definition) is 0. The Kier molecular flexibility index (Phi) is 4.70. The number of furan rings is 1. The molecule has 0 aliphatic carbocycles. The summed E-state index contributed by atoms with van der Waals surface area (Å²) in [6.07, 6.45) is 2.40. The van der Waals surface area contributed by atoms with Gasteiger partial charge in [-0.3, -0.25) is 19.3 Å².